The second kappa shape index (κ2) is 7.54. The van der Waals surface area contributed by atoms with Crippen molar-refractivity contribution in [1.29, 1.82) is 0 Å². The SMILES string of the molecule is CC(NC(=O)Cn1nnn(-c2cccs2)c1=O)c1nc2ccccc2n1C(F)F. The van der Waals surface area contributed by atoms with Crippen molar-refractivity contribution in [2.75, 3.05) is 0 Å². The summed E-state index contributed by atoms with van der Waals surface area (Å²) in [6.07, 6.45) is 0. The number of benzene rings is 1. The Kier molecular flexibility index (Phi) is 4.92. The van der Waals surface area contributed by atoms with Crippen molar-refractivity contribution in [3.8, 4) is 5.00 Å². The van der Waals surface area contributed by atoms with Gasteiger partial charge in [0.05, 0.1) is 17.1 Å². The quantitative estimate of drug-likeness (QED) is 0.516. The van der Waals surface area contributed by atoms with Crippen LogP contribution < -0.4 is 11.0 Å². The maximum absolute atomic E-state index is 13.6. The van der Waals surface area contributed by atoms with Gasteiger partial charge in [0, 0.05) is 0 Å². The van der Waals surface area contributed by atoms with Crippen LogP contribution >= 0.6 is 11.3 Å². The summed E-state index contributed by atoms with van der Waals surface area (Å²) in [6.45, 7) is -1.67. The molecule has 1 unspecified atom stereocenters. The van der Waals surface area contributed by atoms with Gasteiger partial charge in [-0.3, -0.25) is 9.36 Å². The Morgan fingerprint density at radius 2 is 2.00 bits per heavy atom. The fraction of sp³-hybridized carbons (Fsp3) is 0.235. The van der Waals surface area contributed by atoms with Gasteiger partial charge in [-0.05, 0) is 47.0 Å². The minimum atomic E-state index is -2.81. The number of carbonyl (C=O) groups excluding carboxylic acids is 1. The molecule has 0 bridgehead atoms. The second-order valence-corrected chi connectivity index (χ2v) is 7.10. The van der Waals surface area contributed by atoms with E-state index < -0.39 is 30.7 Å². The summed E-state index contributed by atoms with van der Waals surface area (Å²) in [6, 6.07) is 9.13. The summed E-state index contributed by atoms with van der Waals surface area (Å²) in [4.78, 5) is 28.9. The number of tetrazole rings is 1. The van der Waals surface area contributed by atoms with Gasteiger partial charge in [0.1, 0.15) is 17.4 Å². The van der Waals surface area contributed by atoms with Crippen LogP contribution in [0, 0.1) is 0 Å². The highest BCUT2D eigenvalue weighted by Gasteiger charge is 2.23. The summed E-state index contributed by atoms with van der Waals surface area (Å²) < 4.78 is 29.9. The predicted octanol–water partition coefficient (Wildman–Crippen LogP) is 2.11. The number of nitrogens with one attached hydrogen (secondary N) is 1. The highest BCUT2D eigenvalue weighted by atomic mass is 32.1. The molecule has 0 saturated heterocycles. The molecule has 12 heteroatoms. The Balaban J connectivity index is 1.53. The highest BCUT2D eigenvalue weighted by Crippen LogP contribution is 2.26. The molecule has 0 fully saturated rings. The maximum atomic E-state index is 13.6. The normalized spacial score (nSPS) is 12.6. The van der Waals surface area contributed by atoms with Crippen LogP contribution in [0.4, 0.5) is 8.78 Å². The van der Waals surface area contributed by atoms with E-state index in [0.29, 0.717) is 10.5 Å². The lowest BCUT2D eigenvalue weighted by molar-refractivity contribution is -0.122. The van der Waals surface area contributed by atoms with Crippen molar-refractivity contribution in [2.45, 2.75) is 26.1 Å². The predicted molar refractivity (Wildman–Crippen MR) is 101 cm³/mol. The fourth-order valence-electron chi connectivity index (χ4n) is 2.96. The van der Waals surface area contributed by atoms with E-state index in [2.05, 4.69) is 20.7 Å². The minimum absolute atomic E-state index is 0.0177. The molecular weight excluding hydrogens is 404 g/mol. The zero-order valence-corrected chi connectivity index (χ0v) is 15.9. The summed E-state index contributed by atoms with van der Waals surface area (Å²) in [7, 11) is 0. The largest absolute Gasteiger partial charge is 0.369 e. The third-order valence-electron chi connectivity index (χ3n) is 4.23. The third kappa shape index (κ3) is 3.53. The van der Waals surface area contributed by atoms with Crippen LogP contribution in [0.5, 0.6) is 0 Å². The number of thiophene rings is 1. The lowest BCUT2D eigenvalue weighted by Gasteiger charge is -2.15. The van der Waals surface area contributed by atoms with Crippen LogP contribution in [0.25, 0.3) is 16.0 Å². The number of carbonyl (C=O) groups is 1. The molecule has 0 radical (unpaired) electrons. The molecule has 3 heterocycles. The van der Waals surface area contributed by atoms with E-state index in [1.54, 1.807) is 42.6 Å². The molecule has 1 N–H and O–H groups in total. The molecule has 150 valence electrons. The van der Waals surface area contributed by atoms with E-state index in [1.807, 2.05) is 0 Å². The van der Waals surface area contributed by atoms with Gasteiger partial charge in [-0.2, -0.15) is 18.1 Å². The van der Waals surface area contributed by atoms with Gasteiger partial charge >= 0.3 is 12.2 Å². The first-order chi connectivity index (χ1) is 14.0. The fourth-order valence-corrected chi connectivity index (χ4v) is 3.63. The van der Waals surface area contributed by atoms with E-state index in [0.717, 1.165) is 13.9 Å². The summed E-state index contributed by atoms with van der Waals surface area (Å²) in [5, 5.41) is 12.4. The summed E-state index contributed by atoms with van der Waals surface area (Å²) in [5.41, 5.74) is 0.0998. The van der Waals surface area contributed by atoms with Crippen LogP contribution in [0.3, 0.4) is 0 Å². The number of rotatable bonds is 6. The first-order valence-electron chi connectivity index (χ1n) is 8.57. The molecule has 4 rings (SSSR count). The van der Waals surface area contributed by atoms with Gasteiger partial charge in [0.15, 0.2) is 0 Å². The Hall–Kier alpha value is -3.41. The number of amides is 1. The van der Waals surface area contributed by atoms with Crippen LogP contribution in [0.2, 0.25) is 0 Å². The zero-order valence-electron chi connectivity index (χ0n) is 15.1. The van der Waals surface area contributed by atoms with Crippen molar-refractivity contribution in [3.05, 3.63) is 58.1 Å². The molecule has 1 atom stereocenters. The van der Waals surface area contributed by atoms with E-state index in [1.165, 1.54) is 17.4 Å². The van der Waals surface area contributed by atoms with Crippen molar-refractivity contribution in [1.82, 2.24) is 34.7 Å². The number of nitrogens with zero attached hydrogens (tertiary/aromatic N) is 6. The van der Waals surface area contributed by atoms with Crippen LogP contribution in [-0.4, -0.2) is 35.2 Å². The Morgan fingerprint density at radius 3 is 2.72 bits per heavy atom. The molecule has 4 aromatic rings. The maximum Gasteiger partial charge on any atom is 0.369 e. The molecule has 3 aromatic heterocycles. The van der Waals surface area contributed by atoms with Gasteiger partial charge < -0.3 is 5.32 Å². The molecule has 0 spiro atoms. The highest BCUT2D eigenvalue weighted by molar-refractivity contribution is 7.12. The average molecular weight is 419 g/mol. The minimum Gasteiger partial charge on any atom is -0.345 e. The van der Waals surface area contributed by atoms with E-state index in [-0.39, 0.29) is 11.3 Å². The topological polar surface area (TPSA) is 99.6 Å². The average Bonchev–Trinajstić information content (AvgIpc) is 3.40. The molecule has 9 nitrogen and oxygen atoms in total. The molecule has 0 aliphatic rings. The molecule has 1 amide bonds. The van der Waals surface area contributed by atoms with Crippen molar-refractivity contribution in [2.24, 2.45) is 0 Å². The third-order valence-corrected chi connectivity index (χ3v) is 5.07. The number of hydrogen-bond donors (Lipinski definition) is 1. The van der Waals surface area contributed by atoms with Crippen molar-refractivity contribution >= 4 is 28.3 Å². The van der Waals surface area contributed by atoms with Crippen LogP contribution in [0.15, 0.2) is 46.6 Å². The van der Waals surface area contributed by atoms with Crippen LogP contribution in [0.1, 0.15) is 25.3 Å². The summed E-state index contributed by atoms with van der Waals surface area (Å²) >= 11 is 1.30. The number of imidazole rings is 1. The molecular formula is C17H15F2N7O2S. The van der Waals surface area contributed by atoms with E-state index >= 15 is 0 Å². The lowest BCUT2D eigenvalue weighted by Crippen LogP contribution is -2.35. The number of hydrogen-bond acceptors (Lipinski definition) is 6. The standard InChI is InChI=1S/C17H15F2N7O2S/c1-10(15-21-11-5-2-3-6-12(11)25(15)16(18)19)20-13(27)9-24-17(28)26(23-22-24)14-7-4-8-29-14/h2-8,10,16H,9H2,1H3,(H,20,27). The Bertz CT molecular complexity index is 1210. The Morgan fingerprint density at radius 1 is 1.21 bits per heavy atom. The monoisotopic (exact) mass is 419 g/mol. The number of aromatic nitrogens is 6. The number of para-hydroxylation sites is 2. The van der Waals surface area contributed by atoms with Gasteiger partial charge in [-0.25, -0.2) is 9.78 Å². The number of halogens is 2. The zero-order chi connectivity index (χ0) is 20.5. The van der Waals surface area contributed by atoms with Gasteiger partial charge in [0.2, 0.25) is 5.91 Å². The summed E-state index contributed by atoms with van der Waals surface area (Å²) in [5.74, 6) is -0.560. The molecule has 0 aliphatic carbocycles. The Labute approximate surface area is 166 Å². The molecule has 1 aromatic carbocycles. The van der Waals surface area contributed by atoms with Gasteiger partial charge in [-0.15, -0.1) is 11.3 Å². The first-order valence-corrected chi connectivity index (χ1v) is 9.44. The van der Waals surface area contributed by atoms with E-state index in [9.17, 15) is 18.4 Å². The first kappa shape index (κ1) is 18.9. The van der Waals surface area contributed by atoms with Gasteiger partial charge in [0.25, 0.3) is 0 Å². The smallest absolute Gasteiger partial charge is 0.345 e. The second-order valence-electron chi connectivity index (χ2n) is 6.18. The van der Waals surface area contributed by atoms with Gasteiger partial charge in [-0.1, -0.05) is 12.1 Å². The number of fused-ring (bicyclic) bond motifs is 1. The molecule has 0 aliphatic heterocycles. The number of alkyl halides is 2. The van der Waals surface area contributed by atoms with Crippen LogP contribution in [-0.2, 0) is 11.3 Å². The molecule has 0 saturated carbocycles. The van der Waals surface area contributed by atoms with Crippen molar-refractivity contribution < 1.29 is 13.6 Å². The van der Waals surface area contributed by atoms with E-state index in [4.69, 9.17) is 0 Å². The molecule has 29 heavy (non-hydrogen) atoms. The van der Waals surface area contributed by atoms with Crippen molar-refractivity contribution in [3.63, 3.8) is 0 Å². The lowest BCUT2D eigenvalue weighted by atomic mass is 10.3.